The summed E-state index contributed by atoms with van der Waals surface area (Å²) in [5, 5.41) is 7.93. The molecule has 0 aliphatic carbocycles. The van der Waals surface area contributed by atoms with Gasteiger partial charge in [-0.05, 0) is 6.92 Å². The van der Waals surface area contributed by atoms with Crippen LogP contribution in [-0.4, -0.2) is 32.4 Å². The molecule has 0 rings (SSSR count). The zero-order chi connectivity index (χ0) is 16.4. The van der Waals surface area contributed by atoms with E-state index in [1.165, 1.54) is 58.3 Å². The molecule has 0 aromatic carbocycles. The molecule has 0 heterocycles. The number of aliphatic hydroxyl groups excluding tert-OH is 1. The molecule has 0 amide bonds. The number of aliphatic hydroxyl groups is 1. The van der Waals surface area contributed by atoms with Crippen LogP contribution in [-0.2, 0) is 19.1 Å². The van der Waals surface area contributed by atoms with Gasteiger partial charge in [0.25, 0.3) is 10.1 Å². The van der Waals surface area contributed by atoms with Crippen molar-refractivity contribution in [1.82, 2.24) is 0 Å². The van der Waals surface area contributed by atoms with Gasteiger partial charge in [-0.3, -0.25) is 6.29 Å². The van der Waals surface area contributed by atoms with E-state index in [2.05, 4.69) is 11.1 Å². The number of hydrogen-bond donors (Lipinski definition) is 1. The third-order valence-corrected chi connectivity index (χ3v) is 4.14. The molecule has 0 atom stereocenters. The molecule has 0 aromatic heterocycles. The normalized spacial score (nSPS) is 10.3. The van der Waals surface area contributed by atoms with E-state index < -0.39 is 16.9 Å². The minimum atomic E-state index is -3.42. The van der Waals surface area contributed by atoms with Gasteiger partial charge >= 0.3 is 29.6 Å². The first-order chi connectivity index (χ1) is 10.0. The van der Waals surface area contributed by atoms with Gasteiger partial charge < -0.3 is 9.90 Å². The Balaban J connectivity index is -0.000000348. The number of hydrogen-bond acceptors (Lipinski definition) is 5. The topological polar surface area (TPSA) is 80.7 Å². The van der Waals surface area contributed by atoms with E-state index in [4.69, 9.17) is 5.11 Å². The molecule has 128 valence electrons. The fourth-order valence-electron chi connectivity index (χ4n) is 1.67. The Bertz CT molecular complexity index is 307. The molecule has 0 bridgehead atoms. The van der Waals surface area contributed by atoms with Gasteiger partial charge in [0.2, 0.25) is 0 Å². The Morgan fingerprint density at radius 2 is 1.36 bits per heavy atom. The van der Waals surface area contributed by atoms with Crippen molar-refractivity contribution in [3.05, 3.63) is 0 Å². The molecule has 5 nitrogen and oxygen atoms in total. The SMILES string of the molecule is CCCCCCCCCCC[C-]=O.CCS(=O)(=O)OCO.[Na+]. The van der Waals surface area contributed by atoms with Gasteiger partial charge in [-0.25, -0.2) is 4.18 Å². The first kappa shape index (κ1) is 27.4. The van der Waals surface area contributed by atoms with Crippen molar-refractivity contribution in [3.63, 3.8) is 0 Å². The maximum absolute atomic E-state index is 10.2. The van der Waals surface area contributed by atoms with Gasteiger partial charge in [0, 0.05) is 0 Å². The van der Waals surface area contributed by atoms with E-state index in [1.54, 1.807) is 0 Å². The van der Waals surface area contributed by atoms with Gasteiger partial charge in [-0.1, -0.05) is 64.7 Å². The van der Waals surface area contributed by atoms with E-state index >= 15 is 0 Å². The van der Waals surface area contributed by atoms with E-state index in [0.717, 1.165) is 6.42 Å². The maximum Gasteiger partial charge on any atom is 1.00 e. The van der Waals surface area contributed by atoms with E-state index in [-0.39, 0.29) is 35.3 Å². The standard InChI is InChI=1S/C12H23O.C3H8O4S.Na/c1-2-3-4-5-6-7-8-9-10-11-12-13;1-2-8(5,6)7-3-4;/h2-11H2,1H3;4H,2-3H2,1H3;/q-1;;+1. The third-order valence-electron chi connectivity index (χ3n) is 2.97. The minimum Gasteiger partial charge on any atom is -0.542 e. The molecular formula is C15H31NaO5S. The summed E-state index contributed by atoms with van der Waals surface area (Å²) in [4.78, 5) is 9.89. The summed E-state index contributed by atoms with van der Waals surface area (Å²) in [6, 6.07) is 0. The first-order valence-corrected chi connectivity index (χ1v) is 9.44. The Hall–Kier alpha value is 0.540. The Labute approximate surface area is 158 Å². The second kappa shape index (κ2) is 21.5. The van der Waals surface area contributed by atoms with Crippen molar-refractivity contribution in [3.8, 4) is 0 Å². The van der Waals surface area contributed by atoms with Crippen LogP contribution in [0.1, 0.15) is 78.1 Å². The van der Waals surface area contributed by atoms with Gasteiger partial charge in [-0.2, -0.15) is 14.8 Å². The van der Waals surface area contributed by atoms with Crippen molar-refractivity contribution in [1.29, 1.82) is 0 Å². The van der Waals surface area contributed by atoms with Gasteiger partial charge in [0.05, 0.1) is 5.75 Å². The molecule has 0 radical (unpaired) electrons. The van der Waals surface area contributed by atoms with Crippen LogP contribution < -0.4 is 29.6 Å². The zero-order valence-electron chi connectivity index (χ0n) is 14.5. The van der Waals surface area contributed by atoms with E-state index in [0.29, 0.717) is 6.42 Å². The second-order valence-electron chi connectivity index (χ2n) is 4.82. The summed E-state index contributed by atoms with van der Waals surface area (Å²) in [6.07, 6.45) is 14.4. The summed E-state index contributed by atoms with van der Waals surface area (Å²) >= 11 is 0. The van der Waals surface area contributed by atoms with Crippen molar-refractivity contribution < 1.29 is 52.1 Å². The molecule has 0 saturated carbocycles. The number of carbonyl (C=O) groups excluding carboxylic acids is 1. The molecule has 22 heavy (non-hydrogen) atoms. The van der Waals surface area contributed by atoms with Crippen LogP contribution in [0.5, 0.6) is 0 Å². The molecule has 0 aromatic rings. The quantitative estimate of drug-likeness (QED) is 0.171. The monoisotopic (exact) mass is 346 g/mol. The molecule has 0 aliphatic heterocycles. The van der Waals surface area contributed by atoms with Crippen LogP contribution in [0.2, 0.25) is 0 Å². The third kappa shape index (κ3) is 25.5. The zero-order valence-corrected chi connectivity index (χ0v) is 17.3. The summed E-state index contributed by atoms with van der Waals surface area (Å²) in [5.41, 5.74) is 0. The summed E-state index contributed by atoms with van der Waals surface area (Å²) in [5.74, 6) is -0.104. The van der Waals surface area contributed by atoms with Crippen LogP contribution in [0.3, 0.4) is 0 Å². The first-order valence-electron chi connectivity index (χ1n) is 7.87. The molecule has 1 N–H and O–H groups in total. The van der Waals surface area contributed by atoms with E-state index in [9.17, 15) is 13.2 Å². The van der Waals surface area contributed by atoms with Crippen molar-refractivity contribution in [2.45, 2.75) is 78.1 Å². The van der Waals surface area contributed by atoms with Gasteiger partial charge in [0.1, 0.15) is 0 Å². The fraction of sp³-hybridized carbons (Fsp3) is 0.933. The molecule has 0 spiro atoms. The van der Waals surface area contributed by atoms with Crippen LogP contribution in [0.4, 0.5) is 0 Å². The summed E-state index contributed by atoms with van der Waals surface area (Å²) < 4.78 is 24.3. The number of unbranched alkanes of at least 4 members (excludes halogenated alkanes) is 9. The summed E-state index contributed by atoms with van der Waals surface area (Å²) in [6.45, 7) is 2.91. The molecule has 0 saturated heterocycles. The van der Waals surface area contributed by atoms with Crippen LogP contribution in [0, 0.1) is 0 Å². The molecule has 0 aliphatic rings. The Morgan fingerprint density at radius 3 is 1.68 bits per heavy atom. The maximum atomic E-state index is 10.2. The van der Waals surface area contributed by atoms with Crippen molar-refractivity contribution in [2.75, 3.05) is 12.5 Å². The Morgan fingerprint density at radius 1 is 0.909 bits per heavy atom. The van der Waals surface area contributed by atoms with Crippen LogP contribution in [0.15, 0.2) is 0 Å². The smallest absolute Gasteiger partial charge is 0.542 e. The average Bonchev–Trinajstić information content (AvgIpc) is 2.46. The molecular weight excluding hydrogens is 315 g/mol. The largest absolute Gasteiger partial charge is 1.00 e. The molecule has 7 heteroatoms. The average molecular weight is 346 g/mol. The Kier molecular flexibility index (Phi) is 26.8. The predicted octanol–water partition coefficient (Wildman–Crippen LogP) is 0.324. The van der Waals surface area contributed by atoms with E-state index in [1.807, 2.05) is 6.29 Å². The van der Waals surface area contributed by atoms with Crippen LogP contribution >= 0.6 is 0 Å². The van der Waals surface area contributed by atoms with Gasteiger partial charge in [-0.15, -0.1) is 0 Å². The van der Waals surface area contributed by atoms with Crippen molar-refractivity contribution in [2.24, 2.45) is 0 Å². The van der Waals surface area contributed by atoms with Crippen molar-refractivity contribution >= 4 is 16.4 Å². The van der Waals surface area contributed by atoms with Crippen LogP contribution in [0.25, 0.3) is 0 Å². The molecule has 0 fully saturated rings. The number of rotatable bonds is 13. The summed E-state index contributed by atoms with van der Waals surface area (Å²) in [7, 11) is -3.42. The van der Waals surface area contributed by atoms with Gasteiger partial charge in [0.15, 0.2) is 6.79 Å². The molecule has 0 unspecified atom stereocenters. The fourth-order valence-corrected chi connectivity index (χ4v) is 2.00. The minimum absolute atomic E-state index is 0. The second-order valence-corrected chi connectivity index (χ2v) is 6.74. The predicted molar refractivity (Wildman–Crippen MR) is 85.2 cm³/mol.